The van der Waals surface area contributed by atoms with Gasteiger partial charge in [-0.1, -0.05) is 13.8 Å². The number of amides is 2. The van der Waals surface area contributed by atoms with Crippen LogP contribution in [0.25, 0.3) is 0 Å². The summed E-state index contributed by atoms with van der Waals surface area (Å²) >= 11 is 0. The normalized spacial score (nSPS) is 14.5. The predicted molar refractivity (Wildman–Crippen MR) is 96.1 cm³/mol. The molecule has 0 unspecified atom stereocenters. The molecule has 6 nitrogen and oxygen atoms in total. The van der Waals surface area contributed by atoms with E-state index in [0.717, 1.165) is 25.7 Å². The van der Waals surface area contributed by atoms with Crippen molar-refractivity contribution in [3.8, 4) is 0 Å². The van der Waals surface area contributed by atoms with Crippen LogP contribution in [0.15, 0.2) is 18.2 Å². The molecular formula is C19H26N2O4. The highest BCUT2D eigenvalue weighted by Crippen LogP contribution is 2.25. The number of carboxylic acid groups (broad SMARTS) is 1. The summed E-state index contributed by atoms with van der Waals surface area (Å²) in [6, 6.07) is 4.53. The van der Waals surface area contributed by atoms with Gasteiger partial charge in [-0.15, -0.1) is 0 Å². The van der Waals surface area contributed by atoms with Crippen LogP contribution in [0.3, 0.4) is 0 Å². The van der Waals surface area contributed by atoms with Gasteiger partial charge in [0, 0.05) is 37.3 Å². The molecule has 6 heteroatoms. The fraction of sp³-hybridized carbons (Fsp3) is 0.526. The van der Waals surface area contributed by atoms with Gasteiger partial charge in [0.15, 0.2) is 0 Å². The maximum absolute atomic E-state index is 12.8. The van der Waals surface area contributed by atoms with Gasteiger partial charge < -0.3 is 14.9 Å². The average Bonchev–Trinajstić information content (AvgIpc) is 2.61. The number of hydrogen-bond donors (Lipinski definition) is 1. The molecule has 25 heavy (non-hydrogen) atoms. The van der Waals surface area contributed by atoms with Crippen molar-refractivity contribution in [3.05, 3.63) is 29.3 Å². The Kier molecular flexibility index (Phi) is 6.56. The Labute approximate surface area is 148 Å². The van der Waals surface area contributed by atoms with E-state index < -0.39 is 5.97 Å². The highest BCUT2D eigenvalue weighted by Gasteiger charge is 2.23. The SMILES string of the molecule is CCCN(CCC)C(=O)c1cc(C(=O)O)cc(N2CCCCC2=O)c1. The third-order valence-electron chi connectivity index (χ3n) is 4.32. The molecule has 1 fully saturated rings. The Bertz CT molecular complexity index is 651. The second-order valence-electron chi connectivity index (χ2n) is 6.37. The molecule has 0 aromatic heterocycles. The van der Waals surface area contributed by atoms with E-state index in [1.54, 1.807) is 15.9 Å². The van der Waals surface area contributed by atoms with E-state index in [1.165, 1.54) is 12.1 Å². The fourth-order valence-corrected chi connectivity index (χ4v) is 3.13. The number of carbonyl (C=O) groups is 3. The zero-order chi connectivity index (χ0) is 18.4. The second kappa shape index (κ2) is 8.65. The number of anilines is 1. The van der Waals surface area contributed by atoms with Crippen LogP contribution in [-0.2, 0) is 4.79 Å². The lowest BCUT2D eigenvalue weighted by atomic mass is 10.0. The van der Waals surface area contributed by atoms with E-state index in [1.807, 2.05) is 13.8 Å². The number of aromatic carboxylic acids is 1. The van der Waals surface area contributed by atoms with Gasteiger partial charge >= 0.3 is 5.97 Å². The molecule has 1 aliphatic heterocycles. The molecule has 0 radical (unpaired) electrons. The summed E-state index contributed by atoms with van der Waals surface area (Å²) in [5.41, 5.74) is 0.864. The molecule has 0 saturated carbocycles. The van der Waals surface area contributed by atoms with Crippen molar-refractivity contribution in [3.63, 3.8) is 0 Å². The zero-order valence-electron chi connectivity index (χ0n) is 15.0. The number of rotatable bonds is 7. The van der Waals surface area contributed by atoms with Gasteiger partial charge in [-0.2, -0.15) is 0 Å². The van der Waals surface area contributed by atoms with E-state index in [9.17, 15) is 19.5 Å². The number of piperidine rings is 1. The van der Waals surface area contributed by atoms with Crippen molar-refractivity contribution in [2.24, 2.45) is 0 Å². The molecule has 2 rings (SSSR count). The molecule has 1 saturated heterocycles. The van der Waals surface area contributed by atoms with Gasteiger partial charge in [0.25, 0.3) is 5.91 Å². The van der Waals surface area contributed by atoms with E-state index >= 15 is 0 Å². The van der Waals surface area contributed by atoms with E-state index in [4.69, 9.17) is 0 Å². The first kappa shape index (κ1) is 19.0. The quantitative estimate of drug-likeness (QED) is 0.822. The number of benzene rings is 1. The lowest BCUT2D eigenvalue weighted by Crippen LogP contribution is -2.36. The summed E-state index contributed by atoms with van der Waals surface area (Å²) in [5, 5.41) is 9.40. The number of nitrogens with zero attached hydrogens (tertiary/aromatic N) is 2. The first-order valence-electron chi connectivity index (χ1n) is 8.96. The fourth-order valence-electron chi connectivity index (χ4n) is 3.13. The van der Waals surface area contributed by atoms with Crippen LogP contribution in [0.1, 0.15) is 66.7 Å². The monoisotopic (exact) mass is 346 g/mol. The Balaban J connectivity index is 2.41. The molecule has 0 spiro atoms. The van der Waals surface area contributed by atoms with Crippen LogP contribution in [0.4, 0.5) is 5.69 Å². The smallest absolute Gasteiger partial charge is 0.335 e. The average molecular weight is 346 g/mol. The first-order valence-corrected chi connectivity index (χ1v) is 8.96. The number of carboxylic acids is 1. The predicted octanol–water partition coefficient (Wildman–Crippen LogP) is 3.16. The summed E-state index contributed by atoms with van der Waals surface area (Å²) in [4.78, 5) is 39.8. The standard InChI is InChI=1S/C19H26N2O4/c1-3-8-20(9-4-2)18(23)14-11-15(19(24)25)13-16(12-14)21-10-6-5-7-17(21)22/h11-13H,3-10H2,1-2H3,(H,24,25). The first-order chi connectivity index (χ1) is 12.0. The molecule has 1 aromatic rings. The van der Waals surface area contributed by atoms with Gasteiger partial charge in [0.2, 0.25) is 5.91 Å². The van der Waals surface area contributed by atoms with Crippen molar-refractivity contribution >= 4 is 23.5 Å². The van der Waals surface area contributed by atoms with Crippen LogP contribution in [0, 0.1) is 0 Å². The second-order valence-corrected chi connectivity index (χ2v) is 6.37. The van der Waals surface area contributed by atoms with Crippen LogP contribution >= 0.6 is 0 Å². The summed E-state index contributed by atoms with van der Waals surface area (Å²) < 4.78 is 0. The molecule has 1 aliphatic rings. The Morgan fingerprint density at radius 3 is 2.28 bits per heavy atom. The van der Waals surface area contributed by atoms with Crippen molar-refractivity contribution in [2.75, 3.05) is 24.5 Å². The van der Waals surface area contributed by atoms with E-state index in [2.05, 4.69) is 0 Å². The van der Waals surface area contributed by atoms with Gasteiger partial charge in [-0.3, -0.25) is 9.59 Å². The molecule has 0 atom stereocenters. The Morgan fingerprint density at radius 2 is 1.72 bits per heavy atom. The Hall–Kier alpha value is -2.37. The Morgan fingerprint density at radius 1 is 1.08 bits per heavy atom. The molecule has 1 heterocycles. The maximum atomic E-state index is 12.8. The molecule has 1 N–H and O–H groups in total. The van der Waals surface area contributed by atoms with Crippen LogP contribution in [0.2, 0.25) is 0 Å². The van der Waals surface area contributed by atoms with Crippen molar-refractivity contribution in [1.29, 1.82) is 0 Å². The molecule has 136 valence electrons. The van der Waals surface area contributed by atoms with E-state index in [0.29, 0.717) is 37.3 Å². The highest BCUT2D eigenvalue weighted by molar-refractivity contribution is 6.01. The molecule has 0 bridgehead atoms. The number of hydrogen-bond acceptors (Lipinski definition) is 3. The topological polar surface area (TPSA) is 77.9 Å². The molecule has 0 aliphatic carbocycles. The summed E-state index contributed by atoms with van der Waals surface area (Å²) in [6.07, 6.45) is 3.85. The van der Waals surface area contributed by atoms with Crippen molar-refractivity contribution in [2.45, 2.75) is 46.0 Å². The minimum absolute atomic E-state index is 0.0221. The van der Waals surface area contributed by atoms with E-state index in [-0.39, 0.29) is 17.4 Å². The largest absolute Gasteiger partial charge is 0.478 e. The lowest BCUT2D eigenvalue weighted by Gasteiger charge is -2.28. The zero-order valence-corrected chi connectivity index (χ0v) is 15.0. The highest BCUT2D eigenvalue weighted by atomic mass is 16.4. The van der Waals surface area contributed by atoms with Crippen LogP contribution in [0.5, 0.6) is 0 Å². The third-order valence-corrected chi connectivity index (χ3v) is 4.32. The van der Waals surface area contributed by atoms with Gasteiger partial charge in [0.05, 0.1) is 5.56 Å². The molecule has 1 aromatic carbocycles. The number of carbonyl (C=O) groups excluding carboxylic acids is 2. The molecular weight excluding hydrogens is 320 g/mol. The molecule has 2 amide bonds. The van der Waals surface area contributed by atoms with Crippen molar-refractivity contribution < 1.29 is 19.5 Å². The van der Waals surface area contributed by atoms with Crippen LogP contribution < -0.4 is 4.90 Å². The van der Waals surface area contributed by atoms with Gasteiger partial charge in [-0.05, 0) is 43.9 Å². The summed E-state index contributed by atoms with van der Waals surface area (Å²) in [6.45, 7) is 5.82. The summed E-state index contributed by atoms with van der Waals surface area (Å²) in [7, 11) is 0. The van der Waals surface area contributed by atoms with Crippen LogP contribution in [-0.4, -0.2) is 47.4 Å². The van der Waals surface area contributed by atoms with Crippen molar-refractivity contribution in [1.82, 2.24) is 4.90 Å². The maximum Gasteiger partial charge on any atom is 0.335 e. The minimum atomic E-state index is -1.10. The third kappa shape index (κ3) is 4.59. The minimum Gasteiger partial charge on any atom is -0.478 e. The van der Waals surface area contributed by atoms with Gasteiger partial charge in [-0.25, -0.2) is 4.79 Å². The van der Waals surface area contributed by atoms with Gasteiger partial charge in [0.1, 0.15) is 0 Å². The lowest BCUT2D eigenvalue weighted by molar-refractivity contribution is -0.119. The summed E-state index contributed by atoms with van der Waals surface area (Å²) in [5.74, 6) is -1.30.